The number of unbranched alkanes of at least 4 members (excludes halogenated alkanes) is 5. The topological polar surface area (TPSA) is 102 Å². The van der Waals surface area contributed by atoms with E-state index in [1.165, 1.54) is 32.1 Å². The summed E-state index contributed by atoms with van der Waals surface area (Å²) in [5.41, 5.74) is 0. The average Bonchev–Trinajstić information content (AvgIpc) is 3.00. The first-order valence-corrected chi connectivity index (χ1v) is 16.4. The van der Waals surface area contributed by atoms with Crippen LogP contribution < -0.4 is 0 Å². The van der Waals surface area contributed by atoms with Crippen molar-refractivity contribution in [3.63, 3.8) is 0 Å². The summed E-state index contributed by atoms with van der Waals surface area (Å²) < 4.78 is 59.9. The lowest BCUT2D eigenvalue weighted by atomic mass is 10.1. The molecule has 0 heterocycles. The number of hydrogen-bond donors (Lipinski definition) is 0. The van der Waals surface area contributed by atoms with Gasteiger partial charge in [0.25, 0.3) is 0 Å². The van der Waals surface area contributed by atoms with Crippen LogP contribution in [-0.2, 0) is 52.1 Å². The Balaban J connectivity index is 3.02. The van der Waals surface area contributed by atoms with Crippen LogP contribution in [0.4, 0.5) is 0 Å². The van der Waals surface area contributed by atoms with E-state index >= 15 is 0 Å². The molecule has 0 rings (SSSR count). The second-order valence-corrected chi connectivity index (χ2v) is 9.57. The maximum Gasteiger partial charge on any atom is 0.0701 e. The first-order chi connectivity index (χ1) is 20.9. The lowest BCUT2D eigenvalue weighted by molar-refractivity contribution is -0.0274. The molecule has 0 bridgehead atoms. The summed E-state index contributed by atoms with van der Waals surface area (Å²) >= 11 is 5.51. The van der Waals surface area contributed by atoms with Gasteiger partial charge in [-0.2, -0.15) is 0 Å². The van der Waals surface area contributed by atoms with Crippen molar-refractivity contribution in [1.29, 1.82) is 0 Å². The Morgan fingerprint density at radius 1 is 0.262 bits per heavy atom. The Morgan fingerprint density at radius 3 is 0.738 bits per heavy atom. The van der Waals surface area contributed by atoms with E-state index in [0.29, 0.717) is 145 Å². The molecule has 254 valence electrons. The lowest BCUT2D eigenvalue weighted by Crippen LogP contribution is -2.15. The first kappa shape index (κ1) is 41.9. The van der Waals surface area contributed by atoms with Crippen LogP contribution in [0.15, 0.2) is 0 Å². The minimum atomic E-state index is 0.501. The first-order valence-electron chi connectivity index (χ1n) is 15.8. The lowest BCUT2D eigenvalue weighted by Gasteiger charge is -2.09. The molecule has 0 aliphatic carbocycles. The van der Waals surface area contributed by atoms with Crippen molar-refractivity contribution >= 4 is 11.6 Å². The van der Waals surface area contributed by atoms with Gasteiger partial charge in [0.1, 0.15) is 0 Å². The monoisotopic (exact) mass is 632 g/mol. The number of ether oxygens (including phenoxy) is 11. The molecule has 0 aromatic rings. The molecule has 0 radical (unpaired) electrons. The van der Waals surface area contributed by atoms with E-state index in [9.17, 15) is 0 Å². The van der Waals surface area contributed by atoms with Crippen molar-refractivity contribution in [3.05, 3.63) is 0 Å². The minimum Gasteiger partial charge on any atom is -0.379 e. The molecule has 0 saturated heterocycles. The van der Waals surface area contributed by atoms with Crippen molar-refractivity contribution in [3.8, 4) is 0 Å². The predicted octanol–water partition coefficient (Wildman–Crippen LogP) is 3.77. The maximum atomic E-state index is 5.58. The van der Waals surface area contributed by atoms with Gasteiger partial charge in [0.2, 0.25) is 0 Å². The van der Waals surface area contributed by atoms with Crippen LogP contribution in [0.5, 0.6) is 0 Å². The van der Waals surface area contributed by atoms with Crippen LogP contribution in [0.25, 0.3) is 0 Å². The molecule has 0 spiro atoms. The zero-order valence-corrected chi connectivity index (χ0v) is 27.1. The highest BCUT2D eigenvalue weighted by Gasteiger charge is 1.96. The molecule has 0 saturated carbocycles. The van der Waals surface area contributed by atoms with Crippen LogP contribution >= 0.6 is 11.6 Å². The molecule has 11 nitrogen and oxygen atoms in total. The van der Waals surface area contributed by atoms with E-state index in [-0.39, 0.29) is 0 Å². The Bertz CT molecular complexity index is 427. The summed E-state index contributed by atoms with van der Waals surface area (Å²) in [5.74, 6) is 0.501. The van der Waals surface area contributed by atoms with Crippen molar-refractivity contribution in [2.45, 2.75) is 45.4 Å². The highest BCUT2D eigenvalue weighted by molar-refractivity contribution is 6.17. The van der Waals surface area contributed by atoms with Crippen LogP contribution in [0.2, 0.25) is 0 Å². The zero-order chi connectivity index (χ0) is 30.3. The highest BCUT2D eigenvalue weighted by atomic mass is 35.5. The Kier molecular flexibility index (Phi) is 40.7. The van der Waals surface area contributed by atoms with Gasteiger partial charge < -0.3 is 52.1 Å². The molecule has 12 heteroatoms. The van der Waals surface area contributed by atoms with Crippen molar-refractivity contribution in [1.82, 2.24) is 0 Å². The second-order valence-electron chi connectivity index (χ2n) is 9.19. The van der Waals surface area contributed by atoms with Crippen molar-refractivity contribution < 1.29 is 52.1 Å². The summed E-state index contributed by atoms with van der Waals surface area (Å²) in [6.07, 6.45) is 7.69. The van der Waals surface area contributed by atoms with Gasteiger partial charge in [0, 0.05) is 12.5 Å². The van der Waals surface area contributed by atoms with Gasteiger partial charge in [0.05, 0.1) is 139 Å². The summed E-state index contributed by atoms with van der Waals surface area (Å²) in [6, 6.07) is 0. The molecule has 0 N–H and O–H groups in total. The largest absolute Gasteiger partial charge is 0.379 e. The van der Waals surface area contributed by atoms with Gasteiger partial charge in [0.15, 0.2) is 0 Å². The summed E-state index contributed by atoms with van der Waals surface area (Å²) in [7, 11) is 0. The normalized spacial score (nSPS) is 11.6. The molecule has 0 unspecified atom stereocenters. The van der Waals surface area contributed by atoms with E-state index < -0.39 is 0 Å². The van der Waals surface area contributed by atoms with Crippen molar-refractivity contribution in [2.75, 3.05) is 151 Å². The van der Waals surface area contributed by atoms with E-state index in [2.05, 4.69) is 6.92 Å². The fourth-order valence-electron chi connectivity index (χ4n) is 3.34. The van der Waals surface area contributed by atoms with E-state index in [1.54, 1.807) is 0 Å². The number of hydrogen-bond acceptors (Lipinski definition) is 11. The SMILES string of the molecule is CCCCCCCCOCCOCCOCCOCCOCCOCCOCCOCCOCCOCCOCCCl. The van der Waals surface area contributed by atoms with E-state index in [0.717, 1.165) is 13.0 Å². The molecular formula is C30H61ClO11. The van der Waals surface area contributed by atoms with E-state index in [1.807, 2.05) is 0 Å². The summed E-state index contributed by atoms with van der Waals surface area (Å²) in [4.78, 5) is 0. The third kappa shape index (κ3) is 39.8. The van der Waals surface area contributed by atoms with Gasteiger partial charge in [-0.25, -0.2) is 0 Å². The van der Waals surface area contributed by atoms with Crippen LogP contribution in [0, 0.1) is 0 Å². The summed E-state index contributed by atoms with van der Waals surface area (Å²) in [6.45, 7) is 14.5. The van der Waals surface area contributed by atoms with Gasteiger partial charge in [-0.1, -0.05) is 39.0 Å². The van der Waals surface area contributed by atoms with Crippen LogP contribution in [0.3, 0.4) is 0 Å². The van der Waals surface area contributed by atoms with Gasteiger partial charge in [-0.05, 0) is 6.42 Å². The molecule has 0 aliphatic heterocycles. The molecule has 0 fully saturated rings. The van der Waals surface area contributed by atoms with Crippen LogP contribution in [-0.4, -0.2) is 151 Å². The number of rotatable bonds is 39. The molecule has 42 heavy (non-hydrogen) atoms. The molecule has 0 aromatic heterocycles. The van der Waals surface area contributed by atoms with Gasteiger partial charge in [-0.15, -0.1) is 11.6 Å². The zero-order valence-electron chi connectivity index (χ0n) is 26.4. The minimum absolute atomic E-state index is 0.501. The van der Waals surface area contributed by atoms with E-state index in [4.69, 9.17) is 63.7 Å². The average molecular weight is 633 g/mol. The highest BCUT2D eigenvalue weighted by Crippen LogP contribution is 2.04. The number of alkyl halides is 1. The van der Waals surface area contributed by atoms with Crippen LogP contribution in [0.1, 0.15) is 45.4 Å². The quantitative estimate of drug-likeness (QED) is 0.0731. The third-order valence-electron chi connectivity index (χ3n) is 5.58. The molecule has 0 aromatic carbocycles. The maximum absolute atomic E-state index is 5.58. The Labute approximate surface area is 260 Å². The van der Waals surface area contributed by atoms with Gasteiger partial charge >= 0.3 is 0 Å². The smallest absolute Gasteiger partial charge is 0.0701 e. The summed E-state index contributed by atoms with van der Waals surface area (Å²) in [5, 5.41) is 0. The fraction of sp³-hybridized carbons (Fsp3) is 1.00. The molecule has 0 atom stereocenters. The molecule has 0 amide bonds. The molecular weight excluding hydrogens is 572 g/mol. The van der Waals surface area contributed by atoms with Crippen molar-refractivity contribution in [2.24, 2.45) is 0 Å². The Morgan fingerprint density at radius 2 is 0.476 bits per heavy atom. The standard InChI is InChI=1S/C30H61ClO11/c1-2-3-4-5-6-7-9-32-11-13-34-15-17-36-19-21-38-23-25-40-27-29-42-30-28-41-26-24-39-22-20-37-18-16-35-14-12-33-10-8-31/h2-30H2,1H3. The third-order valence-corrected chi connectivity index (χ3v) is 5.74. The Hall–Kier alpha value is -0.150. The predicted molar refractivity (Wildman–Crippen MR) is 163 cm³/mol. The fourth-order valence-corrected chi connectivity index (χ4v) is 3.45. The second kappa shape index (κ2) is 40.9. The molecule has 0 aliphatic rings. The van der Waals surface area contributed by atoms with Gasteiger partial charge in [-0.3, -0.25) is 0 Å². The number of halogens is 1.